The van der Waals surface area contributed by atoms with E-state index >= 15 is 0 Å². The Morgan fingerprint density at radius 2 is 2.40 bits per heavy atom. The fraction of sp³-hybridized carbons (Fsp3) is 0.636. The molecule has 0 aromatic carbocycles. The molecule has 1 unspecified atom stereocenters. The van der Waals surface area contributed by atoms with Crippen molar-refractivity contribution < 1.29 is 9.15 Å². The highest BCUT2D eigenvalue weighted by Crippen LogP contribution is 2.13. The Morgan fingerprint density at radius 1 is 1.47 bits per heavy atom. The minimum Gasteiger partial charge on any atom is -0.454 e. The Balaban J connectivity index is 1.65. The van der Waals surface area contributed by atoms with Gasteiger partial charge in [0.05, 0.1) is 13.2 Å². The van der Waals surface area contributed by atoms with Gasteiger partial charge in [0.1, 0.15) is 5.76 Å². The van der Waals surface area contributed by atoms with Crippen LogP contribution in [0.2, 0.25) is 0 Å². The third-order valence-corrected chi connectivity index (χ3v) is 3.20. The van der Waals surface area contributed by atoms with Gasteiger partial charge in [-0.1, -0.05) is 0 Å². The van der Waals surface area contributed by atoms with E-state index in [1.54, 1.807) is 0 Å². The summed E-state index contributed by atoms with van der Waals surface area (Å²) in [6, 6.07) is 4.01. The predicted octanol–water partition coefficient (Wildman–Crippen LogP) is 2.40. The molecular weight excluding hydrogens is 305 g/mol. The highest BCUT2D eigenvalue weighted by atomic mass is 127. The minimum atomic E-state index is 0.674. The average molecular weight is 321 g/mol. The van der Waals surface area contributed by atoms with E-state index in [1.807, 2.05) is 12.1 Å². The van der Waals surface area contributed by atoms with Gasteiger partial charge in [0, 0.05) is 13.2 Å². The fourth-order valence-corrected chi connectivity index (χ4v) is 2.28. The maximum atomic E-state index is 5.47. The monoisotopic (exact) mass is 321 g/mol. The zero-order valence-corrected chi connectivity index (χ0v) is 10.8. The lowest BCUT2D eigenvalue weighted by Crippen LogP contribution is -2.28. The Bertz CT molecular complexity index is 295. The van der Waals surface area contributed by atoms with E-state index in [0.717, 1.165) is 35.8 Å². The summed E-state index contributed by atoms with van der Waals surface area (Å²) in [4.78, 5) is 0. The third kappa shape index (κ3) is 3.77. The number of ether oxygens (including phenoxy) is 1. The zero-order valence-electron chi connectivity index (χ0n) is 8.67. The molecule has 4 heteroatoms. The van der Waals surface area contributed by atoms with Gasteiger partial charge >= 0.3 is 0 Å². The van der Waals surface area contributed by atoms with Gasteiger partial charge in [-0.15, -0.1) is 0 Å². The van der Waals surface area contributed by atoms with Crippen molar-refractivity contribution in [2.75, 3.05) is 19.8 Å². The summed E-state index contributed by atoms with van der Waals surface area (Å²) < 4.78 is 11.8. The van der Waals surface area contributed by atoms with Gasteiger partial charge in [-0.3, -0.25) is 0 Å². The van der Waals surface area contributed by atoms with Gasteiger partial charge in [0.15, 0.2) is 3.77 Å². The Morgan fingerprint density at radius 3 is 3.07 bits per heavy atom. The smallest absolute Gasteiger partial charge is 0.164 e. The highest BCUT2D eigenvalue weighted by Gasteiger charge is 2.13. The summed E-state index contributed by atoms with van der Waals surface area (Å²) in [5, 5.41) is 3.41. The van der Waals surface area contributed by atoms with E-state index < -0.39 is 0 Å². The molecule has 3 nitrogen and oxygen atoms in total. The molecule has 1 atom stereocenters. The van der Waals surface area contributed by atoms with Crippen molar-refractivity contribution in [2.24, 2.45) is 5.92 Å². The van der Waals surface area contributed by atoms with Crippen LogP contribution in [0.5, 0.6) is 0 Å². The fourth-order valence-electron chi connectivity index (χ4n) is 1.81. The van der Waals surface area contributed by atoms with Crippen LogP contribution in [0.3, 0.4) is 0 Å². The van der Waals surface area contributed by atoms with Crippen LogP contribution in [0.15, 0.2) is 16.5 Å². The topological polar surface area (TPSA) is 34.4 Å². The molecule has 1 N–H and O–H groups in total. The molecule has 15 heavy (non-hydrogen) atoms. The first-order valence-corrected chi connectivity index (χ1v) is 6.45. The molecule has 0 saturated carbocycles. The van der Waals surface area contributed by atoms with Crippen molar-refractivity contribution in [3.8, 4) is 0 Å². The molecule has 2 rings (SSSR count). The van der Waals surface area contributed by atoms with E-state index in [0.29, 0.717) is 5.92 Å². The van der Waals surface area contributed by atoms with Crippen LogP contribution in [0.4, 0.5) is 0 Å². The van der Waals surface area contributed by atoms with E-state index in [-0.39, 0.29) is 0 Å². The Hall–Kier alpha value is -0.0700. The van der Waals surface area contributed by atoms with Gasteiger partial charge < -0.3 is 14.5 Å². The summed E-state index contributed by atoms with van der Waals surface area (Å²) in [5.41, 5.74) is 0. The van der Waals surface area contributed by atoms with Gasteiger partial charge in [0.25, 0.3) is 0 Å². The predicted molar refractivity (Wildman–Crippen MR) is 66.7 cm³/mol. The van der Waals surface area contributed by atoms with Gasteiger partial charge in [-0.05, 0) is 53.5 Å². The number of hydrogen-bond acceptors (Lipinski definition) is 3. The van der Waals surface area contributed by atoms with Crippen molar-refractivity contribution in [3.05, 3.63) is 21.7 Å². The summed E-state index contributed by atoms with van der Waals surface area (Å²) in [6.45, 7) is 3.69. The number of rotatable bonds is 4. The van der Waals surface area contributed by atoms with Crippen molar-refractivity contribution in [3.63, 3.8) is 0 Å². The van der Waals surface area contributed by atoms with E-state index in [2.05, 4.69) is 27.9 Å². The first kappa shape index (κ1) is 11.4. The van der Waals surface area contributed by atoms with Crippen molar-refractivity contribution in [2.45, 2.75) is 19.4 Å². The molecule has 1 aliphatic heterocycles. The molecular formula is C11H16INO2. The molecule has 0 amide bonds. The molecule has 1 aromatic rings. The molecule has 1 aliphatic rings. The first-order chi connectivity index (χ1) is 7.34. The number of hydrogen-bond donors (Lipinski definition) is 1. The average Bonchev–Trinajstić information content (AvgIpc) is 2.66. The van der Waals surface area contributed by atoms with Crippen LogP contribution in [0.1, 0.15) is 18.6 Å². The zero-order chi connectivity index (χ0) is 10.5. The second-order valence-corrected chi connectivity index (χ2v) is 4.98. The lowest BCUT2D eigenvalue weighted by atomic mass is 10.0. The molecule has 0 aliphatic carbocycles. The normalized spacial score (nSPS) is 21.8. The summed E-state index contributed by atoms with van der Waals surface area (Å²) in [7, 11) is 0. The maximum absolute atomic E-state index is 5.47. The SMILES string of the molecule is Ic1ccc(CNCC2CCCOC2)o1. The molecule has 0 radical (unpaired) electrons. The lowest BCUT2D eigenvalue weighted by molar-refractivity contribution is 0.0546. The second-order valence-electron chi connectivity index (χ2n) is 3.92. The molecule has 1 saturated heterocycles. The number of halogens is 1. The first-order valence-electron chi connectivity index (χ1n) is 5.37. The third-order valence-electron chi connectivity index (χ3n) is 2.62. The second kappa shape index (κ2) is 5.86. The quantitative estimate of drug-likeness (QED) is 0.865. The molecule has 2 heterocycles. The standard InChI is InChI=1S/C11H16INO2/c12-11-4-3-10(15-11)7-13-6-9-2-1-5-14-8-9/h3-4,9,13H,1-2,5-8H2. The van der Waals surface area contributed by atoms with Crippen LogP contribution in [-0.2, 0) is 11.3 Å². The lowest BCUT2D eigenvalue weighted by Gasteiger charge is -2.21. The van der Waals surface area contributed by atoms with Crippen LogP contribution < -0.4 is 5.32 Å². The van der Waals surface area contributed by atoms with Crippen molar-refractivity contribution in [1.82, 2.24) is 5.32 Å². The highest BCUT2D eigenvalue weighted by molar-refractivity contribution is 14.1. The van der Waals surface area contributed by atoms with Crippen LogP contribution in [-0.4, -0.2) is 19.8 Å². The Labute approximate surface area is 104 Å². The van der Waals surface area contributed by atoms with Crippen LogP contribution in [0, 0.1) is 9.68 Å². The molecule has 1 fully saturated rings. The summed E-state index contributed by atoms with van der Waals surface area (Å²) in [6.07, 6.45) is 2.48. The Kier molecular flexibility index (Phi) is 4.46. The van der Waals surface area contributed by atoms with Crippen LogP contribution in [0.25, 0.3) is 0 Å². The van der Waals surface area contributed by atoms with E-state index in [9.17, 15) is 0 Å². The summed E-state index contributed by atoms with van der Waals surface area (Å²) in [5.74, 6) is 1.68. The maximum Gasteiger partial charge on any atom is 0.164 e. The molecule has 84 valence electrons. The van der Waals surface area contributed by atoms with Crippen molar-refractivity contribution >= 4 is 22.6 Å². The number of nitrogens with one attached hydrogen (secondary N) is 1. The van der Waals surface area contributed by atoms with Gasteiger partial charge in [0.2, 0.25) is 0 Å². The van der Waals surface area contributed by atoms with E-state index in [4.69, 9.17) is 9.15 Å². The molecule has 0 bridgehead atoms. The van der Waals surface area contributed by atoms with Crippen molar-refractivity contribution in [1.29, 1.82) is 0 Å². The van der Waals surface area contributed by atoms with Crippen LogP contribution >= 0.6 is 22.6 Å². The largest absolute Gasteiger partial charge is 0.454 e. The number of furan rings is 1. The van der Waals surface area contributed by atoms with Gasteiger partial charge in [-0.25, -0.2) is 0 Å². The van der Waals surface area contributed by atoms with Gasteiger partial charge in [-0.2, -0.15) is 0 Å². The molecule has 0 spiro atoms. The van der Waals surface area contributed by atoms with E-state index in [1.165, 1.54) is 12.8 Å². The minimum absolute atomic E-state index is 0.674. The molecule has 1 aromatic heterocycles. The summed E-state index contributed by atoms with van der Waals surface area (Å²) >= 11 is 2.18.